The van der Waals surface area contributed by atoms with Crippen molar-refractivity contribution < 1.29 is 9.53 Å². The van der Waals surface area contributed by atoms with Crippen molar-refractivity contribution in [3.05, 3.63) is 35.8 Å². The molecule has 2 aromatic rings. The molecule has 1 aromatic carbocycles. The van der Waals surface area contributed by atoms with E-state index in [1.165, 1.54) is 0 Å². The Balaban J connectivity index is 0.00000208. The first kappa shape index (κ1) is 18.9. The fourth-order valence-electron chi connectivity index (χ4n) is 2.94. The van der Waals surface area contributed by atoms with Crippen LogP contribution in [0.15, 0.2) is 35.8 Å². The second kappa shape index (κ2) is 8.58. The molecule has 1 aliphatic rings. The standard InChI is InChI=1S/C17H21N3O2S.ClH/c1-22-12-17(6-8-18-9-7-17)16(21)20-14-4-2-13(3-5-14)15-19-10-11-23-15;/h2-5,10-11,18H,6-9,12H2,1H3,(H,20,21);1H. The Kier molecular flexibility index (Phi) is 6.74. The van der Waals surface area contributed by atoms with Gasteiger partial charge in [0.15, 0.2) is 0 Å². The van der Waals surface area contributed by atoms with Gasteiger partial charge in [0.05, 0.1) is 12.0 Å². The predicted molar refractivity (Wildman–Crippen MR) is 99.8 cm³/mol. The summed E-state index contributed by atoms with van der Waals surface area (Å²) in [5.41, 5.74) is 1.43. The molecular formula is C17H22ClN3O2S. The number of amides is 1. The highest BCUT2D eigenvalue weighted by atomic mass is 35.5. The molecule has 2 heterocycles. The number of hydrogen-bond acceptors (Lipinski definition) is 5. The molecule has 0 atom stereocenters. The number of ether oxygens (including phenoxy) is 1. The van der Waals surface area contributed by atoms with Gasteiger partial charge in [0, 0.05) is 29.9 Å². The van der Waals surface area contributed by atoms with Crippen molar-refractivity contribution in [1.29, 1.82) is 0 Å². The highest BCUT2D eigenvalue weighted by molar-refractivity contribution is 7.13. The number of nitrogens with zero attached hydrogens (tertiary/aromatic N) is 1. The number of rotatable bonds is 5. The summed E-state index contributed by atoms with van der Waals surface area (Å²) in [5, 5.41) is 9.28. The second-order valence-electron chi connectivity index (χ2n) is 5.83. The monoisotopic (exact) mass is 367 g/mol. The Morgan fingerprint density at radius 2 is 2.04 bits per heavy atom. The molecule has 1 saturated heterocycles. The lowest BCUT2D eigenvalue weighted by Gasteiger charge is -2.35. The molecule has 1 fully saturated rings. The Morgan fingerprint density at radius 1 is 1.33 bits per heavy atom. The molecule has 130 valence electrons. The van der Waals surface area contributed by atoms with Crippen LogP contribution in [-0.2, 0) is 9.53 Å². The Hall–Kier alpha value is -1.47. The average molecular weight is 368 g/mol. The predicted octanol–water partition coefficient (Wildman–Crippen LogP) is 3.19. The fourth-order valence-corrected chi connectivity index (χ4v) is 3.59. The molecule has 2 N–H and O–H groups in total. The van der Waals surface area contributed by atoms with Gasteiger partial charge in [0.25, 0.3) is 0 Å². The van der Waals surface area contributed by atoms with Crippen LogP contribution in [-0.4, -0.2) is 37.7 Å². The van der Waals surface area contributed by atoms with Crippen LogP contribution in [0.1, 0.15) is 12.8 Å². The van der Waals surface area contributed by atoms with Crippen LogP contribution < -0.4 is 10.6 Å². The van der Waals surface area contributed by atoms with Gasteiger partial charge in [0.1, 0.15) is 5.01 Å². The third-order valence-corrected chi connectivity index (χ3v) is 5.11. The van der Waals surface area contributed by atoms with Crippen molar-refractivity contribution >= 4 is 35.3 Å². The van der Waals surface area contributed by atoms with Gasteiger partial charge in [-0.3, -0.25) is 4.79 Å². The number of nitrogens with one attached hydrogen (secondary N) is 2. The summed E-state index contributed by atoms with van der Waals surface area (Å²) in [6.45, 7) is 2.15. The van der Waals surface area contributed by atoms with E-state index in [0.717, 1.165) is 42.2 Å². The van der Waals surface area contributed by atoms with Crippen molar-refractivity contribution in [1.82, 2.24) is 10.3 Å². The van der Waals surface area contributed by atoms with Gasteiger partial charge in [0.2, 0.25) is 5.91 Å². The van der Waals surface area contributed by atoms with E-state index in [1.54, 1.807) is 24.6 Å². The van der Waals surface area contributed by atoms with E-state index in [-0.39, 0.29) is 18.3 Å². The van der Waals surface area contributed by atoms with Gasteiger partial charge in [-0.15, -0.1) is 23.7 Å². The molecule has 0 aliphatic carbocycles. The SMILES string of the molecule is COCC1(C(=O)Nc2ccc(-c3nccs3)cc2)CCNCC1.Cl. The van der Waals surface area contributed by atoms with Crippen LogP contribution >= 0.6 is 23.7 Å². The van der Waals surface area contributed by atoms with Gasteiger partial charge in [-0.25, -0.2) is 4.98 Å². The fraction of sp³-hybridized carbons (Fsp3) is 0.412. The minimum atomic E-state index is -0.437. The van der Waals surface area contributed by atoms with Crippen LogP contribution in [0.3, 0.4) is 0 Å². The van der Waals surface area contributed by atoms with Crippen LogP contribution in [0, 0.1) is 5.41 Å². The maximum Gasteiger partial charge on any atom is 0.233 e. The number of methoxy groups -OCH3 is 1. The highest BCUT2D eigenvalue weighted by Crippen LogP contribution is 2.31. The van der Waals surface area contributed by atoms with Gasteiger partial charge >= 0.3 is 0 Å². The van der Waals surface area contributed by atoms with E-state index < -0.39 is 5.41 Å². The zero-order chi connectivity index (χ0) is 16.1. The lowest BCUT2D eigenvalue weighted by Crippen LogP contribution is -2.47. The topological polar surface area (TPSA) is 63.2 Å². The molecule has 1 amide bonds. The van der Waals surface area contributed by atoms with E-state index in [0.29, 0.717) is 6.61 Å². The summed E-state index contributed by atoms with van der Waals surface area (Å²) >= 11 is 1.60. The molecule has 1 aromatic heterocycles. The Labute approximate surface area is 152 Å². The number of carbonyl (C=O) groups excluding carboxylic acids is 1. The summed E-state index contributed by atoms with van der Waals surface area (Å²) in [6, 6.07) is 7.83. The quantitative estimate of drug-likeness (QED) is 0.851. The summed E-state index contributed by atoms with van der Waals surface area (Å²) in [5.74, 6) is 0.0443. The first-order valence-corrected chi connectivity index (χ1v) is 8.62. The first-order chi connectivity index (χ1) is 11.2. The molecular weight excluding hydrogens is 346 g/mol. The third-order valence-electron chi connectivity index (χ3n) is 4.29. The molecule has 3 rings (SSSR count). The number of thiazole rings is 1. The van der Waals surface area contributed by atoms with E-state index in [4.69, 9.17) is 4.74 Å². The minimum Gasteiger partial charge on any atom is -0.384 e. The van der Waals surface area contributed by atoms with Crippen molar-refractivity contribution in [2.45, 2.75) is 12.8 Å². The molecule has 0 spiro atoms. The van der Waals surface area contributed by atoms with Crippen molar-refractivity contribution in [2.24, 2.45) is 5.41 Å². The zero-order valence-corrected chi connectivity index (χ0v) is 15.2. The van der Waals surface area contributed by atoms with E-state index in [1.807, 2.05) is 29.6 Å². The van der Waals surface area contributed by atoms with Gasteiger partial charge in [-0.2, -0.15) is 0 Å². The number of aromatic nitrogens is 1. The van der Waals surface area contributed by atoms with Crippen molar-refractivity contribution in [2.75, 3.05) is 32.1 Å². The largest absolute Gasteiger partial charge is 0.384 e. The van der Waals surface area contributed by atoms with Gasteiger partial charge < -0.3 is 15.4 Å². The second-order valence-corrected chi connectivity index (χ2v) is 6.73. The summed E-state index contributed by atoms with van der Waals surface area (Å²) in [6.07, 6.45) is 3.38. The molecule has 0 bridgehead atoms. The Bertz CT molecular complexity index is 635. The summed E-state index contributed by atoms with van der Waals surface area (Å²) < 4.78 is 5.32. The molecule has 1 aliphatic heterocycles. The number of carbonyl (C=O) groups is 1. The molecule has 0 saturated carbocycles. The molecule has 0 unspecified atom stereocenters. The molecule has 7 heteroatoms. The summed E-state index contributed by atoms with van der Waals surface area (Å²) in [4.78, 5) is 17.1. The number of halogens is 1. The van der Waals surface area contributed by atoms with E-state index in [9.17, 15) is 4.79 Å². The smallest absolute Gasteiger partial charge is 0.233 e. The molecule has 24 heavy (non-hydrogen) atoms. The maximum absolute atomic E-state index is 12.8. The third kappa shape index (κ3) is 4.13. The summed E-state index contributed by atoms with van der Waals surface area (Å²) in [7, 11) is 1.65. The van der Waals surface area contributed by atoms with Crippen LogP contribution in [0.5, 0.6) is 0 Å². The first-order valence-electron chi connectivity index (χ1n) is 7.75. The average Bonchev–Trinajstić information content (AvgIpc) is 3.11. The highest BCUT2D eigenvalue weighted by Gasteiger charge is 2.39. The number of anilines is 1. The number of piperidine rings is 1. The van der Waals surface area contributed by atoms with E-state index >= 15 is 0 Å². The van der Waals surface area contributed by atoms with Crippen molar-refractivity contribution in [3.63, 3.8) is 0 Å². The van der Waals surface area contributed by atoms with Gasteiger partial charge in [-0.05, 0) is 50.2 Å². The normalized spacial score (nSPS) is 16.2. The van der Waals surface area contributed by atoms with Gasteiger partial charge in [-0.1, -0.05) is 0 Å². The molecule has 5 nitrogen and oxygen atoms in total. The lowest BCUT2D eigenvalue weighted by atomic mass is 9.78. The lowest BCUT2D eigenvalue weighted by molar-refractivity contribution is -0.130. The Morgan fingerprint density at radius 3 is 2.62 bits per heavy atom. The number of hydrogen-bond donors (Lipinski definition) is 2. The van der Waals surface area contributed by atoms with Crippen molar-refractivity contribution in [3.8, 4) is 10.6 Å². The van der Waals surface area contributed by atoms with Crippen LogP contribution in [0.4, 0.5) is 5.69 Å². The zero-order valence-electron chi connectivity index (χ0n) is 13.6. The number of benzene rings is 1. The minimum absolute atomic E-state index is 0. The van der Waals surface area contributed by atoms with Crippen LogP contribution in [0.25, 0.3) is 10.6 Å². The van der Waals surface area contributed by atoms with Crippen LogP contribution in [0.2, 0.25) is 0 Å². The maximum atomic E-state index is 12.8. The van der Waals surface area contributed by atoms with E-state index in [2.05, 4.69) is 15.6 Å². The molecule has 0 radical (unpaired) electrons.